The molecule has 4 heteroatoms. The first-order chi connectivity index (χ1) is 7.27. The molecule has 15 heavy (non-hydrogen) atoms. The summed E-state index contributed by atoms with van der Waals surface area (Å²) in [7, 11) is 0. The van der Waals surface area contributed by atoms with E-state index in [9.17, 15) is 4.79 Å². The Labute approximate surface area is 86.1 Å². The standard InChI is InChI=1S/C11H10N2O2/c14-11(15)8-5-7(8)9-6-12-13-4-2-1-3-10(9)13/h1-4,6-8H,5H2,(H,14,15)/t7-,8-/m1/s1. The SMILES string of the molecule is O=C(O)[C@@H]1C[C@H]1c1cnn2ccccc12. The fourth-order valence-corrected chi connectivity index (χ4v) is 2.05. The second kappa shape index (κ2) is 2.82. The van der Waals surface area contributed by atoms with E-state index in [2.05, 4.69) is 5.10 Å². The van der Waals surface area contributed by atoms with E-state index in [1.54, 1.807) is 10.7 Å². The maximum absolute atomic E-state index is 10.8. The van der Waals surface area contributed by atoms with Gasteiger partial charge >= 0.3 is 5.97 Å². The fraction of sp³-hybridized carbons (Fsp3) is 0.273. The summed E-state index contributed by atoms with van der Waals surface area (Å²) in [5.41, 5.74) is 2.08. The molecule has 1 N–H and O–H groups in total. The zero-order chi connectivity index (χ0) is 10.4. The molecule has 0 spiro atoms. The summed E-state index contributed by atoms with van der Waals surface area (Å²) in [6.07, 6.45) is 4.39. The van der Waals surface area contributed by atoms with Gasteiger partial charge in [0, 0.05) is 17.7 Å². The van der Waals surface area contributed by atoms with Crippen LogP contribution in [0, 0.1) is 5.92 Å². The number of hydrogen-bond acceptors (Lipinski definition) is 2. The van der Waals surface area contributed by atoms with Gasteiger partial charge in [-0.15, -0.1) is 0 Å². The molecule has 0 aliphatic heterocycles. The van der Waals surface area contributed by atoms with Gasteiger partial charge in [0.2, 0.25) is 0 Å². The summed E-state index contributed by atoms with van der Waals surface area (Å²) in [5, 5.41) is 13.1. The molecule has 0 radical (unpaired) electrons. The van der Waals surface area contributed by atoms with Gasteiger partial charge in [-0.1, -0.05) is 6.07 Å². The van der Waals surface area contributed by atoms with Gasteiger partial charge in [-0.3, -0.25) is 4.79 Å². The van der Waals surface area contributed by atoms with Crippen molar-refractivity contribution in [2.75, 3.05) is 0 Å². The summed E-state index contributed by atoms with van der Waals surface area (Å²) >= 11 is 0. The van der Waals surface area contributed by atoms with E-state index < -0.39 is 5.97 Å². The summed E-state index contributed by atoms with van der Waals surface area (Å²) < 4.78 is 1.78. The van der Waals surface area contributed by atoms with Crippen LogP contribution in [0.15, 0.2) is 30.6 Å². The molecule has 1 aliphatic rings. The topological polar surface area (TPSA) is 54.6 Å². The van der Waals surface area contributed by atoms with E-state index in [4.69, 9.17) is 5.11 Å². The Morgan fingerprint density at radius 1 is 1.53 bits per heavy atom. The van der Waals surface area contributed by atoms with Crippen LogP contribution in [0.3, 0.4) is 0 Å². The second-order valence-corrected chi connectivity index (χ2v) is 3.92. The number of carboxylic acids is 1. The van der Waals surface area contributed by atoms with E-state index >= 15 is 0 Å². The normalized spacial score (nSPS) is 24.3. The average molecular weight is 202 g/mol. The highest BCUT2D eigenvalue weighted by Crippen LogP contribution is 2.48. The number of rotatable bonds is 2. The molecule has 0 bridgehead atoms. The summed E-state index contributed by atoms with van der Waals surface area (Å²) in [5.74, 6) is -0.754. The molecule has 3 rings (SSSR count). The van der Waals surface area contributed by atoms with Gasteiger partial charge in [0.15, 0.2) is 0 Å². The monoisotopic (exact) mass is 202 g/mol. The van der Waals surface area contributed by atoms with Crippen molar-refractivity contribution in [1.29, 1.82) is 0 Å². The minimum atomic E-state index is -0.699. The lowest BCUT2D eigenvalue weighted by Gasteiger charge is -1.95. The molecule has 0 saturated heterocycles. The van der Waals surface area contributed by atoms with Crippen LogP contribution in [0.2, 0.25) is 0 Å². The number of nitrogens with zero attached hydrogens (tertiary/aromatic N) is 2. The van der Waals surface area contributed by atoms with Crippen LogP contribution >= 0.6 is 0 Å². The first-order valence-corrected chi connectivity index (χ1v) is 4.92. The van der Waals surface area contributed by atoms with Gasteiger partial charge in [-0.25, -0.2) is 4.52 Å². The lowest BCUT2D eigenvalue weighted by molar-refractivity contribution is -0.138. The zero-order valence-corrected chi connectivity index (χ0v) is 8.00. The molecule has 1 saturated carbocycles. The highest BCUT2D eigenvalue weighted by Gasteiger charge is 2.45. The maximum Gasteiger partial charge on any atom is 0.307 e. The number of fused-ring (bicyclic) bond motifs is 1. The van der Waals surface area contributed by atoms with Gasteiger partial charge in [-0.2, -0.15) is 5.10 Å². The number of carbonyl (C=O) groups is 1. The van der Waals surface area contributed by atoms with Crippen molar-refractivity contribution < 1.29 is 9.90 Å². The molecule has 2 heterocycles. The first kappa shape index (κ1) is 8.47. The third-order valence-electron chi connectivity index (χ3n) is 2.96. The first-order valence-electron chi connectivity index (χ1n) is 4.92. The molecule has 2 aromatic heterocycles. The fourth-order valence-electron chi connectivity index (χ4n) is 2.05. The van der Waals surface area contributed by atoms with Crippen LogP contribution in [-0.2, 0) is 4.79 Å². The van der Waals surface area contributed by atoms with E-state index in [0.29, 0.717) is 0 Å². The number of aromatic nitrogens is 2. The smallest absolute Gasteiger partial charge is 0.307 e. The molecule has 2 atom stereocenters. The van der Waals surface area contributed by atoms with Gasteiger partial charge < -0.3 is 5.11 Å². The molecule has 4 nitrogen and oxygen atoms in total. The molecule has 0 aromatic carbocycles. The van der Waals surface area contributed by atoms with Crippen molar-refractivity contribution >= 4 is 11.5 Å². The van der Waals surface area contributed by atoms with E-state index in [1.165, 1.54) is 0 Å². The third-order valence-corrected chi connectivity index (χ3v) is 2.96. The predicted octanol–water partition coefficient (Wildman–Crippen LogP) is 1.52. The zero-order valence-electron chi connectivity index (χ0n) is 8.00. The Kier molecular flexibility index (Phi) is 1.59. The highest BCUT2D eigenvalue weighted by atomic mass is 16.4. The largest absolute Gasteiger partial charge is 0.481 e. The lowest BCUT2D eigenvalue weighted by atomic mass is 10.1. The molecular formula is C11H10N2O2. The Morgan fingerprint density at radius 2 is 2.40 bits per heavy atom. The molecule has 2 aromatic rings. The van der Waals surface area contributed by atoms with E-state index in [-0.39, 0.29) is 11.8 Å². The molecular weight excluding hydrogens is 192 g/mol. The minimum Gasteiger partial charge on any atom is -0.481 e. The van der Waals surface area contributed by atoms with Crippen LogP contribution in [-0.4, -0.2) is 20.7 Å². The number of pyridine rings is 1. The van der Waals surface area contributed by atoms with Crippen molar-refractivity contribution in [3.63, 3.8) is 0 Å². The van der Waals surface area contributed by atoms with Crippen LogP contribution in [0.5, 0.6) is 0 Å². The minimum absolute atomic E-state index is 0.155. The third kappa shape index (κ3) is 1.21. The lowest BCUT2D eigenvalue weighted by Crippen LogP contribution is -1.98. The van der Waals surface area contributed by atoms with Crippen LogP contribution in [0.4, 0.5) is 0 Å². The van der Waals surface area contributed by atoms with Gasteiger partial charge in [0.1, 0.15) is 0 Å². The Morgan fingerprint density at radius 3 is 3.13 bits per heavy atom. The highest BCUT2D eigenvalue weighted by molar-refractivity contribution is 5.76. The van der Waals surface area contributed by atoms with Crippen molar-refractivity contribution in [2.45, 2.75) is 12.3 Å². The number of carboxylic acid groups (broad SMARTS) is 1. The molecule has 0 unspecified atom stereocenters. The molecule has 1 fully saturated rings. The number of aliphatic carboxylic acids is 1. The summed E-state index contributed by atoms with van der Waals surface area (Å²) in [4.78, 5) is 10.8. The molecule has 1 aliphatic carbocycles. The number of hydrogen-bond donors (Lipinski definition) is 1. The second-order valence-electron chi connectivity index (χ2n) is 3.92. The van der Waals surface area contributed by atoms with Crippen molar-refractivity contribution in [2.24, 2.45) is 5.92 Å². The van der Waals surface area contributed by atoms with Crippen molar-refractivity contribution in [3.05, 3.63) is 36.2 Å². The average Bonchev–Trinajstić information content (AvgIpc) is 2.92. The van der Waals surface area contributed by atoms with Crippen LogP contribution < -0.4 is 0 Å². The van der Waals surface area contributed by atoms with E-state index in [1.807, 2.05) is 24.4 Å². The summed E-state index contributed by atoms with van der Waals surface area (Å²) in [6.45, 7) is 0. The van der Waals surface area contributed by atoms with Crippen LogP contribution in [0.25, 0.3) is 5.52 Å². The summed E-state index contributed by atoms with van der Waals surface area (Å²) in [6, 6.07) is 5.82. The van der Waals surface area contributed by atoms with Crippen molar-refractivity contribution in [1.82, 2.24) is 9.61 Å². The van der Waals surface area contributed by atoms with Crippen molar-refractivity contribution in [3.8, 4) is 0 Å². The molecule has 76 valence electrons. The van der Waals surface area contributed by atoms with Gasteiger partial charge in [0.25, 0.3) is 0 Å². The molecule has 0 amide bonds. The quantitative estimate of drug-likeness (QED) is 0.803. The van der Waals surface area contributed by atoms with E-state index in [0.717, 1.165) is 17.5 Å². The van der Waals surface area contributed by atoms with Gasteiger partial charge in [0.05, 0.1) is 17.6 Å². The predicted molar refractivity (Wildman–Crippen MR) is 53.7 cm³/mol. The Balaban J connectivity index is 2.03. The Hall–Kier alpha value is -1.84. The van der Waals surface area contributed by atoms with Gasteiger partial charge in [-0.05, 0) is 18.6 Å². The maximum atomic E-state index is 10.8. The Bertz CT molecular complexity index is 532. The van der Waals surface area contributed by atoms with Crippen LogP contribution in [0.1, 0.15) is 17.9 Å².